The van der Waals surface area contributed by atoms with Gasteiger partial charge in [-0.2, -0.15) is 0 Å². The van der Waals surface area contributed by atoms with Crippen LogP contribution in [0.2, 0.25) is 0 Å². The van der Waals surface area contributed by atoms with E-state index in [4.69, 9.17) is 4.74 Å². The summed E-state index contributed by atoms with van der Waals surface area (Å²) in [6.45, 7) is 4.98. The van der Waals surface area contributed by atoms with Crippen molar-refractivity contribution in [2.45, 2.75) is 46.1 Å². The smallest absolute Gasteiger partial charge is 0.307 e. The molecule has 0 saturated carbocycles. The van der Waals surface area contributed by atoms with Crippen LogP contribution in [0.25, 0.3) is 11.3 Å². The predicted octanol–water partition coefficient (Wildman–Crippen LogP) is 3.61. The number of rotatable bonds is 8. The number of amides is 1. The second kappa shape index (κ2) is 9.24. The van der Waals surface area contributed by atoms with Gasteiger partial charge in [0.25, 0.3) is 5.91 Å². The number of ether oxygens (including phenoxy) is 1. The number of nitrogens with one attached hydrogen (secondary N) is 1. The number of aryl methyl sites for hydroxylation is 1. The minimum absolute atomic E-state index is 0.0257. The van der Waals surface area contributed by atoms with Crippen LogP contribution in [0.5, 0.6) is 0 Å². The van der Waals surface area contributed by atoms with Crippen LogP contribution in [0, 0.1) is 0 Å². The number of nitrogens with zero attached hydrogens (tertiary/aromatic N) is 1. The quantitative estimate of drug-likeness (QED) is 0.714. The highest BCUT2D eigenvalue weighted by molar-refractivity contribution is 7.14. The fourth-order valence-corrected chi connectivity index (χ4v) is 2.89. The highest BCUT2D eigenvalue weighted by Gasteiger charge is 2.19. The molecule has 1 atom stereocenters. The first-order chi connectivity index (χ1) is 12.4. The first-order valence-corrected chi connectivity index (χ1v) is 9.31. The molecule has 2 rings (SSSR count). The molecule has 138 valence electrons. The molecule has 6 nitrogen and oxygen atoms in total. The van der Waals surface area contributed by atoms with Crippen molar-refractivity contribution in [3.8, 4) is 11.3 Å². The third-order valence-electron chi connectivity index (χ3n) is 3.75. The molecule has 1 aromatic carbocycles. The Kier molecular flexibility index (Phi) is 7.03. The second-order valence-electron chi connectivity index (χ2n) is 5.91. The number of aromatic nitrogens is 1. The highest BCUT2D eigenvalue weighted by atomic mass is 32.1. The molecule has 0 aliphatic heterocycles. The molecule has 0 aliphatic rings. The maximum atomic E-state index is 12.1. The van der Waals surface area contributed by atoms with E-state index < -0.39 is 18.0 Å². The number of ketones is 1. The Morgan fingerprint density at radius 2 is 1.88 bits per heavy atom. The molecule has 0 spiro atoms. The van der Waals surface area contributed by atoms with Crippen molar-refractivity contribution in [2.75, 3.05) is 5.32 Å². The van der Waals surface area contributed by atoms with Gasteiger partial charge in [-0.3, -0.25) is 14.9 Å². The number of hydrogen-bond donors (Lipinski definition) is 1. The number of carbonyl (C=O) groups is 3. The molecule has 0 fully saturated rings. The van der Waals surface area contributed by atoms with Crippen LogP contribution < -0.4 is 5.32 Å². The lowest BCUT2D eigenvalue weighted by Crippen LogP contribution is -2.30. The van der Waals surface area contributed by atoms with Gasteiger partial charge in [0.15, 0.2) is 11.2 Å². The standard InChI is InChI=1S/C19H22N2O4S/c1-4-14-6-8-15(9-7-14)16-11-26-19(20-16)21-18(24)13(3)25-17(23)10-5-12(2)22/h6-9,11,13H,4-5,10H2,1-3H3,(H,20,21,24)/t13-/m1/s1. The van der Waals surface area contributed by atoms with E-state index in [2.05, 4.69) is 29.4 Å². The monoisotopic (exact) mass is 374 g/mol. The normalized spacial score (nSPS) is 11.7. The summed E-state index contributed by atoms with van der Waals surface area (Å²) < 4.78 is 5.03. The summed E-state index contributed by atoms with van der Waals surface area (Å²) >= 11 is 1.30. The lowest BCUT2D eigenvalue weighted by atomic mass is 10.1. The fraction of sp³-hybridized carbons (Fsp3) is 0.368. The zero-order chi connectivity index (χ0) is 19.1. The van der Waals surface area contributed by atoms with Gasteiger partial charge in [0.05, 0.1) is 12.1 Å². The molecular formula is C19H22N2O4S. The Bertz CT molecular complexity index is 783. The van der Waals surface area contributed by atoms with E-state index >= 15 is 0 Å². The Morgan fingerprint density at radius 1 is 1.19 bits per heavy atom. The number of thiazole rings is 1. The van der Waals surface area contributed by atoms with Crippen molar-refractivity contribution in [2.24, 2.45) is 0 Å². The largest absolute Gasteiger partial charge is 0.453 e. The Balaban J connectivity index is 1.91. The summed E-state index contributed by atoms with van der Waals surface area (Å²) in [6, 6.07) is 8.10. The lowest BCUT2D eigenvalue weighted by Gasteiger charge is -2.11. The number of esters is 1. The zero-order valence-corrected chi connectivity index (χ0v) is 15.9. The molecule has 0 aliphatic carbocycles. The average Bonchev–Trinajstić information content (AvgIpc) is 3.08. The number of carbonyl (C=O) groups excluding carboxylic acids is 3. The van der Waals surface area contributed by atoms with E-state index in [1.165, 1.54) is 30.7 Å². The van der Waals surface area contributed by atoms with Crippen LogP contribution in [0.4, 0.5) is 5.13 Å². The molecule has 0 unspecified atom stereocenters. The van der Waals surface area contributed by atoms with Crippen molar-refractivity contribution in [1.82, 2.24) is 4.98 Å². The number of anilines is 1. The second-order valence-corrected chi connectivity index (χ2v) is 6.77. The first-order valence-electron chi connectivity index (χ1n) is 8.43. The van der Waals surface area contributed by atoms with E-state index in [0.29, 0.717) is 5.13 Å². The number of Topliss-reactive ketones (excluding diaryl/α,β-unsaturated/α-hetero) is 1. The summed E-state index contributed by atoms with van der Waals surface area (Å²) in [7, 11) is 0. The van der Waals surface area contributed by atoms with E-state index in [9.17, 15) is 14.4 Å². The Hall–Kier alpha value is -2.54. The van der Waals surface area contributed by atoms with Gasteiger partial charge in [-0.05, 0) is 25.8 Å². The van der Waals surface area contributed by atoms with Gasteiger partial charge in [-0.1, -0.05) is 31.2 Å². The average molecular weight is 374 g/mol. The third kappa shape index (κ3) is 5.77. The molecule has 2 aromatic rings. The number of hydrogen-bond acceptors (Lipinski definition) is 6. The molecule has 7 heteroatoms. The predicted molar refractivity (Wildman–Crippen MR) is 101 cm³/mol. The highest BCUT2D eigenvalue weighted by Crippen LogP contribution is 2.25. The van der Waals surface area contributed by atoms with Gasteiger partial charge in [0.2, 0.25) is 0 Å². The van der Waals surface area contributed by atoms with E-state index in [-0.39, 0.29) is 18.6 Å². The van der Waals surface area contributed by atoms with Crippen molar-refractivity contribution in [3.63, 3.8) is 0 Å². The van der Waals surface area contributed by atoms with Crippen molar-refractivity contribution >= 4 is 34.1 Å². The van der Waals surface area contributed by atoms with Gasteiger partial charge in [-0.25, -0.2) is 4.98 Å². The van der Waals surface area contributed by atoms with Crippen LogP contribution >= 0.6 is 11.3 Å². The molecule has 1 aromatic heterocycles. The van der Waals surface area contributed by atoms with Crippen molar-refractivity contribution < 1.29 is 19.1 Å². The molecule has 26 heavy (non-hydrogen) atoms. The molecule has 0 bridgehead atoms. The molecular weight excluding hydrogens is 352 g/mol. The van der Waals surface area contributed by atoms with Gasteiger partial charge in [0.1, 0.15) is 5.78 Å². The maximum Gasteiger partial charge on any atom is 0.307 e. The molecule has 1 heterocycles. The van der Waals surface area contributed by atoms with Crippen LogP contribution in [-0.2, 0) is 25.5 Å². The maximum absolute atomic E-state index is 12.1. The van der Waals surface area contributed by atoms with Crippen LogP contribution in [0.3, 0.4) is 0 Å². The molecule has 1 amide bonds. The van der Waals surface area contributed by atoms with Crippen LogP contribution in [0.1, 0.15) is 39.2 Å². The third-order valence-corrected chi connectivity index (χ3v) is 4.51. The van der Waals surface area contributed by atoms with Gasteiger partial charge in [0, 0.05) is 17.4 Å². The minimum Gasteiger partial charge on any atom is -0.453 e. The first kappa shape index (κ1) is 19.8. The van der Waals surface area contributed by atoms with Crippen molar-refractivity contribution in [1.29, 1.82) is 0 Å². The topological polar surface area (TPSA) is 85.4 Å². The summed E-state index contributed by atoms with van der Waals surface area (Å²) in [5.41, 5.74) is 3.00. The van der Waals surface area contributed by atoms with E-state index in [1.807, 2.05) is 17.5 Å². The van der Waals surface area contributed by atoms with E-state index in [0.717, 1.165) is 17.7 Å². The van der Waals surface area contributed by atoms with Crippen LogP contribution in [-0.4, -0.2) is 28.7 Å². The lowest BCUT2D eigenvalue weighted by molar-refractivity contribution is -0.153. The van der Waals surface area contributed by atoms with Crippen molar-refractivity contribution in [3.05, 3.63) is 35.2 Å². The Labute approximate surface area is 156 Å². The van der Waals surface area contributed by atoms with E-state index in [1.54, 1.807) is 0 Å². The summed E-state index contributed by atoms with van der Waals surface area (Å²) in [6.07, 6.45) is 0.106. The molecule has 0 radical (unpaired) electrons. The zero-order valence-electron chi connectivity index (χ0n) is 15.1. The van der Waals surface area contributed by atoms with Gasteiger partial charge >= 0.3 is 5.97 Å². The number of benzene rings is 1. The van der Waals surface area contributed by atoms with Crippen LogP contribution in [0.15, 0.2) is 29.6 Å². The van der Waals surface area contributed by atoms with Gasteiger partial charge < -0.3 is 9.53 Å². The fourth-order valence-electron chi connectivity index (χ4n) is 2.17. The Morgan fingerprint density at radius 3 is 2.50 bits per heavy atom. The summed E-state index contributed by atoms with van der Waals surface area (Å²) in [5, 5.41) is 4.95. The SMILES string of the molecule is CCc1ccc(-c2csc(NC(=O)[C@@H](C)OC(=O)CCC(C)=O)n2)cc1. The van der Waals surface area contributed by atoms with Gasteiger partial charge in [-0.15, -0.1) is 11.3 Å². The molecule has 0 saturated heterocycles. The summed E-state index contributed by atoms with van der Waals surface area (Å²) in [5.74, 6) is -1.12. The summed E-state index contributed by atoms with van der Waals surface area (Å²) in [4.78, 5) is 39.0. The molecule has 1 N–H and O–H groups in total. The minimum atomic E-state index is -0.953.